The molecule has 2 amide bonds. The van der Waals surface area contributed by atoms with Crippen LogP contribution in [-0.4, -0.2) is 45.7 Å². The summed E-state index contributed by atoms with van der Waals surface area (Å²) in [6, 6.07) is 8.83. The zero-order chi connectivity index (χ0) is 25.3. The molecule has 0 aliphatic heterocycles. The van der Waals surface area contributed by atoms with Crippen molar-refractivity contribution in [3.63, 3.8) is 0 Å². The van der Waals surface area contributed by atoms with Crippen molar-refractivity contribution >= 4 is 41.1 Å². The summed E-state index contributed by atoms with van der Waals surface area (Å²) in [5.74, 6) is -1.45. The molecule has 0 saturated heterocycles. The second kappa shape index (κ2) is 9.95. The van der Waals surface area contributed by atoms with Gasteiger partial charge in [-0.25, -0.2) is 4.79 Å². The van der Waals surface area contributed by atoms with Crippen LogP contribution in [0.25, 0.3) is 0 Å². The molecule has 6 nitrogen and oxygen atoms in total. The lowest BCUT2D eigenvalue weighted by Gasteiger charge is -2.28. The van der Waals surface area contributed by atoms with Gasteiger partial charge in [-0.15, -0.1) is 24.9 Å². The Hall–Kier alpha value is -2.59. The molecular formula is C23H24ClF3N2O4S. The smallest absolute Gasteiger partial charge is 0.480 e. The molecule has 1 atom stereocenters. The number of carboxylic acid groups (broad SMARTS) is 1. The van der Waals surface area contributed by atoms with E-state index in [0.29, 0.717) is 19.4 Å². The number of anilines is 1. The number of amides is 2. The number of hydrogen-bond acceptors (Lipinski definition) is 4. The van der Waals surface area contributed by atoms with Crippen LogP contribution in [0.2, 0.25) is 5.02 Å². The minimum atomic E-state index is -4.87. The third kappa shape index (κ3) is 6.29. The first kappa shape index (κ1) is 26.0. The number of ether oxygens (including phenoxy) is 1. The van der Waals surface area contributed by atoms with Gasteiger partial charge < -0.3 is 20.1 Å². The van der Waals surface area contributed by atoms with Crippen LogP contribution in [-0.2, 0) is 17.6 Å². The lowest BCUT2D eigenvalue weighted by molar-refractivity contribution is -0.274. The predicted molar refractivity (Wildman–Crippen MR) is 125 cm³/mol. The summed E-state index contributed by atoms with van der Waals surface area (Å²) in [5, 5.41) is 11.8. The summed E-state index contributed by atoms with van der Waals surface area (Å²) in [5.41, 5.74) is 2.39. The molecule has 0 heterocycles. The Bertz CT molecular complexity index is 1090. The standard InChI is InChI=1S/C23H24ClF3N2O4S/c1-4-29(21(32)28-15-6-8-19(18(24)12-15)33-23(25,26)27)16-9-13-5-7-17(11-14(13)10-16)34-22(2,3)20(30)31/h5-8,11-12,16H,4,9-10H2,1-3H3,(H,28,32)(H,30,31). The number of nitrogens with one attached hydrogen (secondary N) is 1. The Balaban J connectivity index is 1.68. The Kier molecular flexibility index (Phi) is 7.62. The molecule has 0 saturated carbocycles. The number of carbonyl (C=O) groups is 2. The van der Waals surface area contributed by atoms with Gasteiger partial charge in [0.25, 0.3) is 0 Å². The number of urea groups is 1. The number of aliphatic carboxylic acids is 1. The summed E-state index contributed by atoms with van der Waals surface area (Å²) >= 11 is 7.14. The van der Waals surface area contributed by atoms with Crippen LogP contribution in [0, 0.1) is 0 Å². The summed E-state index contributed by atoms with van der Waals surface area (Å²) in [6.45, 7) is 5.55. The second-order valence-electron chi connectivity index (χ2n) is 8.32. The molecule has 3 rings (SSSR count). The quantitative estimate of drug-likeness (QED) is 0.427. The van der Waals surface area contributed by atoms with Crippen molar-refractivity contribution in [1.82, 2.24) is 4.90 Å². The van der Waals surface area contributed by atoms with Crippen LogP contribution >= 0.6 is 23.4 Å². The fourth-order valence-electron chi connectivity index (χ4n) is 3.74. The highest BCUT2D eigenvalue weighted by molar-refractivity contribution is 8.01. The minimum absolute atomic E-state index is 0.115. The van der Waals surface area contributed by atoms with Gasteiger partial charge in [0.05, 0.1) is 5.02 Å². The lowest BCUT2D eigenvalue weighted by Crippen LogP contribution is -2.43. The van der Waals surface area contributed by atoms with Crippen molar-refractivity contribution in [2.24, 2.45) is 0 Å². The van der Waals surface area contributed by atoms with E-state index in [1.165, 1.54) is 23.9 Å². The van der Waals surface area contributed by atoms with Crippen molar-refractivity contribution in [2.45, 2.75) is 55.7 Å². The number of thioether (sulfide) groups is 1. The van der Waals surface area contributed by atoms with E-state index in [4.69, 9.17) is 11.6 Å². The zero-order valence-electron chi connectivity index (χ0n) is 18.7. The molecule has 34 heavy (non-hydrogen) atoms. The number of halogens is 4. The summed E-state index contributed by atoms with van der Waals surface area (Å²) < 4.78 is 40.1. The van der Waals surface area contributed by atoms with E-state index in [0.717, 1.165) is 22.1 Å². The van der Waals surface area contributed by atoms with Crippen molar-refractivity contribution in [3.8, 4) is 5.75 Å². The molecule has 1 unspecified atom stereocenters. The monoisotopic (exact) mass is 516 g/mol. The number of rotatable bonds is 7. The van der Waals surface area contributed by atoms with Gasteiger partial charge in [-0.1, -0.05) is 17.7 Å². The molecule has 1 aliphatic rings. The first-order valence-corrected chi connectivity index (χ1v) is 11.7. The lowest BCUT2D eigenvalue weighted by atomic mass is 10.1. The number of hydrogen-bond donors (Lipinski definition) is 2. The minimum Gasteiger partial charge on any atom is -0.480 e. The maximum atomic E-state index is 12.9. The van der Waals surface area contributed by atoms with Crippen LogP contribution in [0.1, 0.15) is 31.9 Å². The van der Waals surface area contributed by atoms with Gasteiger partial charge in [-0.05, 0) is 75.1 Å². The number of nitrogens with zero attached hydrogens (tertiary/aromatic N) is 1. The van der Waals surface area contributed by atoms with Crippen LogP contribution in [0.5, 0.6) is 5.75 Å². The predicted octanol–water partition coefficient (Wildman–Crippen LogP) is 6.22. The summed E-state index contributed by atoms with van der Waals surface area (Å²) in [7, 11) is 0. The molecule has 184 valence electrons. The molecule has 0 spiro atoms. The van der Waals surface area contributed by atoms with Gasteiger partial charge in [0.2, 0.25) is 0 Å². The molecule has 0 aromatic heterocycles. The topological polar surface area (TPSA) is 78.9 Å². The molecule has 2 aromatic carbocycles. The Morgan fingerprint density at radius 2 is 1.85 bits per heavy atom. The molecule has 0 fully saturated rings. The average Bonchev–Trinajstić information content (AvgIpc) is 3.12. The van der Waals surface area contributed by atoms with Crippen LogP contribution in [0.15, 0.2) is 41.3 Å². The Labute approximate surface area is 204 Å². The molecule has 11 heteroatoms. The number of alkyl halides is 3. The number of fused-ring (bicyclic) bond motifs is 1. The van der Waals surface area contributed by atoms with Gasteiger partial charge in [-0.3, -0.25) is 4.79 Å². The van der Waals surface area contributed by atoms with E-state index in [9.17, 15) is 27.9 Å². The van der Waals surface area contributed by atoms with Crippen molar-refractivity contribution in [3.05, 3.63) is 52.5 Å². The number of benzene rings is 2. The fourth-order valence-corrected chi connectivity index (χ4v) is 4.98. The maximum absolute atomic E-state index is 12.9. The maximum Gasteiger partial charge on any atom is 0.573 e. The number of carbonyl (C=O) groups excluding carboxylic acids is 1. The Morgan fingerprint density at radius 1 is 1.18 bits per heavy atom. The van der Waals surface area contributed by atoms with E-state index in [-0.39, 0.29) is 16.8 Å². The van der Waals surface area contributed by atoms with E-state index >= 15 is 0 Å². The van der Waals surface area contributed by atoms with Crippen molar-refractivity contribution in [2.75, 3.05) is 11.9 Å². The highest BCUT2D eigenvalue weighted by atomic mass is 35.5. The van der Waals surface area contributed by atoms with Crippen LogP contribution in [0.4, 0.5) is 23.7 Å². The highest BCUT2D eigenvalue weighted by Gasteiger charge is 2.33. The van der Waals surface area contributed by atoms with E-state index in [1.807, 2.05) is 25.1 Å². The zero-order valence-corrected chi connectivity index (χ0v) is 20.3. The first-order valence-electron chi connectivity index (χ1n) is 10.5. The van der Waals surface area contributed by atoms with Gasteiger partial charge in [-0.2, -0.15) is 0 Å². The largest absolute Gasteiger partial charge is 0.573 e. The van der Waals surface area contributed by atoms with Crippen LogP contribution in [0.3, 0.4) is 0 Å². The number of carboxylic acids is 1. The van der Waals surface area contributed by atoms with Gasteiger partial charge >= 0.3 is 18.4 Å². The highest BCUT2D eigenvalue weighted by Crippen LogP contribution is 2.36. The van der Waals surface area contributed by atoms with Crippen molar-refractivity contribution < 1.29 is 32.6 Å². The fraction of sp³-hybridized carbons (Fsp3) is 0.391. The van der Waals surface area contributed by atoms with Crippen molar-refractivity contribution in [1.29, 1.82) is 0 Å². The van der Waals surface area contributed by atoms with Crippen LogP contribution < -0.4 is 10.1 Å². The second-order valence-corrected chi connectivity index (χ2v) is 10.4. The Morgan fingerprint density at radius 3 is 2.44 bits per heavy atom. The molecule has 1 aliphatic carbocycles. The average molecular weight is 517 g/mol. The molecule has 2 N–H and O–H groups in total. The third-order valence-corrected chi connectivity index (χ3v) is 6.90. The van der Waals surface area contributed by atoms with E-state index in [2.05, 4.69) is 10.1 Å². The third-order valence-electron chi connectivity index (χ3n) is 5.43. The van der Waals surface area contributed by atoms with E-state index < -0.39 is 28.9 Å². The molecule has 2 aromatic rings. The van der Waals surface area contributed by atoms with E-state index in [1.54, 1.807) is 18.7 Å². The molecule has 0 radical (unpaired) electrons. The van der Waals surface area contributed by atoms with Gasteiger partial charge in [0, 0.05) is 23.2 Å². The summed E-state index contributed by atoms with van der Waals surface area (Å²) in [4.78, 5) is 26.9. The number of likely N-dealkylation sites (N-methyl/N-ethyl adjacent to an activating group) is 1. The SMILES string of the molecule is CCN(C(=O)Nc1ccc(OC(F)(F)F)c(Cl)c1)C1Cc2ccc(SC(C)(C)C(=O)O)cc2C1. The first-order chi connectivity index (χ1) is 15.8. The van der Waals surface area contributed by atoms with Gasteiger partial charge in [0.15, 0.2) is 0 Å². The molecule has 0 bridgehead atoms. The molecular weight excluding hydrogens is 493 g/mol. The van der Waals surface area contributed by atoms with Gasteiger partial charge in [0.1, 0.15) is 10.5 Å². The normalized spacial score (nSPS) is 15.6. The summed E-state index contributed by atoms with van der Waals surface area (Å²) in [6.07, 6.45) is -3.62.